The van der Waals surface area contributed by atoms with E-state index >= 15 is 0 Å². The van der Waals surface area contributed by atoms with Crippen LogP contribution >= 0.6 is 15.9 Å². The van der Waals surface area contributed by atoms with Crippen LogP contribution in [-0.2, 0) is 9.47 Å². The second-order valence-corrected chi connectivity index (χ2v) is 6.23. The minimum Gasteiger partial charge on any atom is -0.443 e. The van der Waals surface area contributed by atoms with Crippen molar-refractivity contribution in [1.29, 1.82) is 0 Å². The number of rotatable bonds is 5. The zero-order valence-electron chi connectivity index (χ0n) is 12.4. The van der Waals surface area contributed by atoms with Crippen LogP contribution in [0.2, 0.25) is 0 Å². The van der Waals surface area contributed by atoms with Gasteiger partial charge >= 0.3 is 6.09 Å². The van der Waals surface area contributed by atoms with E-state index in [0.29, 0.717) is 25.4 Å². The topological polar surface area (TPSA) is 51.7 Å². The number of hydrogen-bond donors (Lipinski definition) is 0. The van der Waals surface area contributed by atoms with Crippen molar-refractivity contribution in [2.24, 2.45) is 0 Å². The third kappa shape index (κ3) is 5.88. The van der Waals surface area contributed by atoms with E-state index in [4.69, 9.17) is 9.47 Å². The van der Waals surface area contributed by atoms with Crippen LogP contribution in [0.4, 0.5) is 10.6 Å². The molecule has 5 nitrogen and oxygen atoms in total. The minimum absolute atomic E-state index is 0.400. The Bertz CT molecular complexity index is 429. The zero-order chi connectivity index (χ0) is 15.2. The molecule has 1 rings (SSSR count). The molecule has 0 bridgehead atoms. The fraction of sp³-hybridized carbons (Fsp3) is 0.571. The summed E-state index contributed by atoms with van der Waals surface area (Å²) in [6, 6.07) is 3.62. The van der Waals surface area contributed by atoms with Crippen LogP contribution < -0.4 is 4.90 Å². The van der Waals surface area contributed by atoms with Crippen LogP contribution in [0.15, 0.2) is 22.8 Å². The molecule has 1 aromatic heterocycles. The van der Waals surface area contributed by atoms with Gasteiger partial charge in [-0.2, -0.15) is 0 Å². The van der Waals surface area contributed by atoms with E-state index in [1.165, 1.54) is 4.90 Å². The number of ether oxygens (including phenoxy) is 2. The largest absolute Gasteiger partial charge is 0.443 e. The standard InChI is InChI=1S/C14H21BrN2O3/c1-14(2,3)20-13(18)17(8-5-9-19-4)12-7-6-11(15)10-16-12/h6-7,10H,5,8-9H2,1-4H3. The van der Waals surface area contributed by atoms with Crippen molar-refractivity contribution in [1.82, 2.24) is 4.98 Å². The number of aromatic nitrogens is 1. The van der Waals surface area contributed by atoms with Gasteiger partial charge < -0.3 is 9.47 Å². The quantitative estimate of drug-likeness (QED) is 0.765. The highest BCUT2D eigenvalue weighted by atomic mass is 79.9. The first kappa shape index (κ1) is 16.9. The molecule has 1 heterocycles. The molecule has 0 fully saturated rings. The number of nitrogens with zero attached hydrogens (tertiary/aromatic N) is 2. The van der Waals surface area contributed by atoms with Gasteiger partial charge in [-0.15, -0.1) is 0 Å². The molecule has 0 N–H and O–H groups in total. The van der Waals surface area contributed by atoms with Crippen molar-refractivity contribution in [3.05, 3.63) is 22.8 Å². The number of carbonyl (C=O) groups excluding carboxylic acids is 1. The lowest BCUT2D eigenvalue weighted by molar-refractivity contribution is 0.0576. The summed E-state index contributed by atoms with van der Waals surface area (Å²) in [6.45, 7) is 6.60. The third-order valence-electron chi connectivity index (χ3n) is 2.33. The van der Waals surface area contributed by atoms with Crippen molar-refractivity contribution in [2.75, 3.05) is 25.2 Å². The van der Waals surface area contributed by atoms with E-state index in [1.807, 2.05) is 26.8 Å². The molecule has 0 aromatic carbocycles. The molecule has 1 amide bonds. The van der Waals surface area contributed by atoms with Gasteiger partial charge in [0.05, 0.1) is 0 Å². The predicted molar refractivity (Wildman–Crippen MR) is 82.0 cm³/mol. The number of pyridine rings is 1. The fourth-order valence-corrected chi connectivity index (χ4v) is 1.75. The van der Waals surface area contributed by atoms with E-state index in [0.717, 1.165) is 4.47 Å². The summed E-state index contributed by atoms with van der Waals surface area (Å²) >= 11 is 3.33. The molecule has 0 aliphatic carbocycles. The molecular formula is C14H21BrN2O3. The maximum Gasteiger partial charge on any atom is 0.416 e. The predicted octanol–water partition coefficient (Wildman–Crippen LogP) is 3.62. The molecule has 0 saturated heterocycles. The summed E-state index contributed by atoms with van der Waals surface area (Å²) in [7, 11) is 1.63. The maximum absolute atomic E-state index is 12.2. The van der Waals surface area contributed by atoms with E-state index in [1.54, 1.807) is 19.4 Å². The molecule has 0 spiro atoms. The second kappa shape index (κ2) is 7.59. The molecule has 0 aliphatic rings. The number of anilines is 1. The van der Waals surface area contributed by atoms with Crippen molar-refractivity contribution < 1.29 is 14.3 Å². The number of halogens is 1. The van der Waals surface area contributed by atoms with Crippen LogP contribution in [0.5, 0.6) is 0 Å². The summed E-state index contributed by atoms with van der Waals surface area (Å²) in [5.41, 5.74) is -0.536. The number of amides is 1. The summed E-state index contributed by atoms with van der Waals surface area (Å²) in [5.74, 6) is 0.568. The Morgan fingerprint density at radius 3 is 2.60 bits per heavy atom. The van der Waals surface area contributed by atoms with E-state index < -0.39 is 11.7 Å². The number of carbonyl (C=O) groups is 1. The van der Waals surface area contributed by atoms with Gasteiger partial charge in [-0.1, -0.05) is 0 Å². The molecule has 112 valence electrons. The first-order valence-electron chi connectivity index (χ1n) is 6.44. The molecule has 0 saturated carbocycles. The average molecular weight is 345 g/mol. The van der Waals surface area contributed by atoms with Gasteiger partial charge in [0.1, 0.15) is 11.4 Å². The maximum atomic E-state index is 12.2. The van der Waals surface area contributed by atoms with E-state index in [9.17, 15) is 4.79 Å². The van der Waals surface area contributed by atoms with Gasteiger partial charge in [-0.05, 0) is 55.3 Å². The molecular weight excluding hydrogens is 324 g/mol. The van der Waals surface area contributed by atoms with Crippen molar-refractivity contribution in [3.8, 4) is 0 Å². The van der Waals surface area contributed by atoms with Crippen molar-refractivity contribution in [3.63, 3.8) is 0 Å². The van der Waals surface area contributed by atoms with Crippen LogP contribution in [0.3, 0.4) is 0 Å². The number of methoxy groups -OCH3 is 1. The molecule has 20 heavy (non-hydrogen) atoms. The summed E-state index contributed by atoms with van der Waals surface area (Å²) in [4.78, 5) is 18.0. The molecule has 6 heteroatoms. The minimum atomic E-state index is -0.536. The Kier molecular flexibility index (Phi) is 6.42. The Morgan fingerprint density at radius 1 is 1.40 bits per heavy atom. The van der Waals surface area contributed by atoms with Crippen LogP contribution in [0.1, 0.15) is 27.2 Å². The first-order chi connectivity index (χ1) is 9.33. The third-order valence-corrected chi connectivity index (χ3v) is 2.80. The Morgan fingerprint density at radius 2 is 2.10 bits per heavy atom. The molecule has 0 unspecified atom stereocenters. The Hall–Kier alpha value is -1.14. The highest BCUT2D eigenvalue weighted by Crippen LogP contribution is 2.18. The van der Waals surface area contributed by atoms with Gasteiger partial charge in [-0.25, -0.2) is 9.78 Å². The molecule has 1 aromatic rings. The smallest absolute Gasteiger partial charge is 0.416 e. The Labute approximate surface area is 128 Å². The van der Waals surface area contributed by atoms with E-state index in [2.05, 4.69) is 20.9 Å². The van der Waals surface area contributed by atoms with Gasteiger partial charge in [-0.3, -0.25) is 4.90 Å². The van der Waals surface area contributed by atoms with Crippen LogP contribution in [0.25, 0.3) is 0 Å². The SMILES string of the molecule is COCCCN(C(=O)OC(C)(C)C)c1ccc(Br)cn1. The zero-order valence-corrected chi connectivity index (χ0v) is 13.9. The molecule has 0 atom stereocenters. The van der Waals surface area contributed by atoms with Crippen molar-refractivity contribution in [2.45, 2.75) is 32.8 Å². The monoisotopic (exact) mass is 344 g/mol. The first-order valence-corrected chi connectivity index (χ1v) is 7.24. The average Bonchev–Trinajstić information content (AvgIpc) is 2.34. The second-order valence-electron chi connectivity index (χ2n) is 5.31. The number of hydrogen-bond acceptors (Lipinski definition) is 4. The van der Waals surface area contributed by atoms with Gasteiger partial charge in [0.2, 0.25) is 0 Å². The van der Waals surface area contributed by atoms with Crippen LogP contribution in [-0.4, -0.2) is 36.9 Å². The highest BCUT2D eigenvalue weighted by molar-refractivity contribution is 9.10. The fourth-order valence-electron chi connectivity index (χ4n) is 1.51. The summed E-state index contributed by atoms with van der Waals surface area (Å²) < 4.78 is 11.3. The molecule has 0 aliphatic heterocycles. The van der Waals surface area contributed by atoms with Crippen molar-refractivity contribution >= 4 is 27.8 Å². The Balaban J connectivity index is 2.84. The summed E-state index contributed by atoms with van der Waals surface area (Å²) in [5, 5.41) is 0. The normalized spacial score (nSPS) is 11.2. The lowest BCUT2D eigenvalue weighted by Gasteiger charge is -2.26. The lowest BCUT2D eigenvalue weighted by Crippen LogP contribution is -2.38. The molecule has 0 radical (unpaired) electrons. The summed E-state index contributed by atoms with van der Waals surface area (Å²) in [6.07, 6.45) is 1.97. The van der Waals surface area contributed by atoms with Gasteiger partial charge in [0, 0.05) is 30.9 Å². The lowest BCUT2D eigenvalue weighted by atomic mass is 10.2. The van der Waals surface area contributed by atoms with Gasteiger partial charge in [0.15, 0.2) is 0 Å². The highest BCUT2D eigenvalue weighted by Gasteiger charge is 2.23. The van der Waals surface area contributed by atoms with Gasteiger partial charge in [0.25, 0.3) is 0 Å². The van der Waals surface area contributed by atoms with Crippen LogP contribution in [0, 0.1) is 0 Å². The van der Waals surface area contributed by atoms with E-state index in [-0.39, 0.29) is 0 Å².